The molecule has 0 saturated heterocycles. The Morgan fingerprint density at radius 1 is 0.647 bits per heavy atom. The van der Waals surface area contributed by atoms with E-state index in [9.17, 15) is 21.6 Å². The fourth-order valence-electron chi connectivity index (χ4n) is 7.56. The van der Waals surface area contributed by atoms with Crippen molar-refractivity contribution >= 4 is 53.0 Å². The zero-order valence-electron chi connectivity index (χ0n) is 21.5. The first kappa shape index (κ1) is 29.2. The fraction of sp³-hybridized carbons (Fsp3) is 0.478. The van der Waals surface area contributed by atoms with Gasteiger partial charge in [-0.25, -0.2) is 0 Å². The lowest BCUT2D eigenvalue weighted by molar-refractivity contribution is -0.0504. The van der Waals surface area contributed by atoms with Gasteiger partial charge in [0.1, 0.15) is 8.07 Å². The highest BCUT2D eigenvalue weighted by molar-refractivity contribution is 7.88. The average Bonchev–Trinajstić information content (AvgIpc) is 2.65. The van der Waals surface area contributed by atoms with E-state index < -0.39 is 52.1 Å². The van der Waals surface area contributed by atoms with Gasteiger partial charge in [0.05, 0.1) is 0 Å². The zero-order valence-corrected chi connectivity index (χ0v) is 26.4. The van der Waals surface area contributed by atoms with Crippen molar-refractivity contribution in [2.45, 2.75) is 68.3 Å². The molecule has 190 valence electrons. The van der Waals surface area contributed by atoms with Crippen LogP contribution in [0.5, 0.6) is 0 Å². The standard InChI is InChI=1S/C23H37F3O3SSi4/c1-31(2,3)23(32(4,5)6,33(7,8)29-30(27,28)22(24,25)26)34(9,20-16-12-10-13-17-20)21-18-14-11-15-19-21/h10-19H,1-9H3. The Morgan fingerprint density at radius 3 is 1.24 bits per heavy atom. The predicted octanol–water partition coefficient (Wildman–Crippen LogP) is 5.99. The van der Waals surface area contributed by atoms with E-state index in [4.69, 9.17) is 3.87 Å². The summed E-state index contributed by atoms with van der Waals surface area (Å²) >= 11 is 0. The molecule has 0 aliphatic carbocycles. The number of hydrogen-bond acceptors (Lipinski definition) is 3. The summed E-state index contributed by atoms with van der Waals surface area (Å²) in [6, 6.07) is 20.0. The van der Waals surface area contributed by atoms with Crippen molar-refractivity contribution in [2.24, 2.45) is 0 Å². The molecule has 2 rings (SSSR count). The normalized spacial score (nSPS) is 14.8. The number of benzene rings is 2. The van der Waals surface area contributed by atoms with Crippen LogP contribution in [0.15, 0.2) is 60.7 Å². The predicted molar refractivity (Wildman–Crippen MR) is 147 cm³/mol. The van der Waals surface area contributed by atoms with Crippen LogP contribution in [0, 0.1) is 0 Å². The fourth-order valence-corrected chi connectivity index (χ4v) is 57.5. The summed E-state index contributed by atoms with van der Waals surface area (Å²) in [5, 5.41) is 2.19. The molecule has 2 aromatic rings. The molecule has 0 saturated carbocycles. The number of halogens is 3. The van der Waals surface area contributed by atoms with Crippen LogP contribution in [0.25, 0.3) is 0 Å². The van der Waals surface area contributed by atoms with Gasteiger partial charge in [0.15, 0.2) is 0 Å². The first-order valence-corrected chi connectivity index (χ1v) is 25.1. The molecule has 0 radical (unpaired) electrons. The van der Waals surface area contributed by atoms with Gasteiger partial charge in [-0.05, 0) is 17.0 Å². The minimum Gasteiger partial charge on any atom is -0.309 e. The molecule has 34 heavy (non-hydrogen) atoms. The highest BCUT2D eigenvalue weighted by atomic mass is 32.2. The Balaban J connectivity index is 3.15. The van der Waals surface area contributed by atoms with Crippen molar-refractivity contribution in [3.63, 3.8) is 0 Å². The lowest BCUT2D eigenvalue weighted by atomic mass is 10.4. The van der Waals surface area contributed by atoms with Crippen molar-refractivity contribution in [2.75, 3.05) is 0 Å². The van der Waals surface area contributed by atoms with Crippen molar-refractivity contribution in [3.8, 4) is 0 Å². The van der Waals surface area contributed by atoms with Crippen LogP contribution < -0.4 is 10.4 Å². The Kier molecular flexibility index (Phi) is 7.87. The third kappa shape index (κ3) is 4.59. The van der Waals surface area contributed by atoms with Crippen LogP contribution >= 0.6 is 0 Å². The summed E-state index contributed by atoms with van der Waals surface area (Å²) < 4.78 is 70.7. The van der Waals surface area contributed by atoms with Crippen molar-refractivity contribution in [1.82, 2.24) is 0 Å². The molecule has 0 spiro atoms. The summed E-state index contributed by atoms with van der Waals surface area (Å²) in [5.74, 6) is 0. The quantitative estimate of drug-likeness (QED) is 0.293. The maximum Gasteiger partial charge on any atom is 0.522 e. The van der Waals surface area contributed by atoms with Crippen molar-refractivity contribution in [3.05, 3.63) is 60.7 Å². The van der Waals surface area contributed by atoms with Gasteiger partial charge in [0.25, 0.3) is 0 Å². The van der Waals surface area contributed by atoms with Crippen LogP contribution in [0.1, 0.15) is 0 Å². The molecule has 0 heterocycles. The molecule has 0 bridgehead atoms. The second kappa shape index (κ2) is 9.15. The van der Waals surface area contributed by atoms with E-state index in [2.05, 4.69) is 70.1 Å². The molecule has 3 nitrogen and oxygen atoms in total. The lowest BCUT2D eigenvalue weighted by Crippen LogP contribution is -2.84. The summed E-state index contributed by atoms with van der Waals surface area (Å²) in [6.07, 6.45) is 0. The van der Waals surface area contributed by atoms with Gasteiger partial charge in [0.2, 0.25) is 8.32 Å². The van der Waals surface area contributed by atoms with Gasteiger partial charge in [-0.15, -0.1) is 0 Å². The van der Waals surface area contributed by atoms with E-state index in [0.29, 0.717) is 0 Å². The molecule has 0 unspecified atom stereocenters. The minimum atomic E-state index is -5.76. The SMILES string of the molecule is C[Si](C)(C)C([Si](C)(C)C)([Si](C)(C)OS(=O)(=O)C(F)(F)F)[Si](C)(c1ccccc1)c1ccccc1. The highest BCUT2D eigenvalue weighted by Crippen LogP contribution is 2.60. The largest absolute Gasteiger partial charge is 0.522 e. The third-order valence-electron chi connectivity index (χ3n) is 7.21. The topological polar surface area (TPSA) is 43.4 Å². The second-order valence-electron chi connectivity index (χ2n) is 11.6. The van der Waals surface area contributed by atoms with Crippen LogP contribution in [0.4, 0.5) is 13.2 Å². The van der Waals surface area contributed by atoms with E-state index >= 15 is 0 Å². The molecule has 11 heteroatoms. The number of alkyl halides is 3. The van der Waals surface area contributed by atoms with Crippen molar-refractivity contribution in [1.29, 1.82) is 0 Å². The van der Waals surface area contributed by atoms with E-state index in [1.54, 1.807) is 13.1 Å². The molecule has 0 amide bonds. The first-order chi connectivity index (χ1) is 15.2. The maximum absolute atomic E-state index is 13.6. The molecular formula is C23H37F3O3SSi4. The Bertz CT molecular complexity index is 1040. The number of rotatable bonds is 8. The summed E-state index contributed by atoms with van der Waals surface area (Å²) in [5.41, 5.74) is -5.46. The summed E-state index contributed by atoms with van der Waals surface area (Å²) in [7, 11) is -17.2. The van der Waals surface area contributed by atoms with Crippen LogP contribution in [0.3, 0.4) is 0 Å². The minimum absolute atomic E-state index is 0.638. The van der Waals surface area contributed by atoms with E-state index in [1.807, 2.05) is 36.4 Å². The lowest BCUT2D eigenvalue weighted by Gasteiger charge is -2.66. The summed E-state index contributed by atoms with van der Waals surface area (Å²) in [6.45, 7) is 18.7. The second-order valence-corrected chi connectivity index (χ2v) is 35.1. The van der Waals surface area contributed by atoms with Gasteiger partial charge >= 0.3 is 15.6 Å². The van der Waals surface area contributed by atoms with Gasteiger partial charge in [-0.1, -0.05) is 117 Å². The Hall–Kier alpha value is -0.992. The molecule has 0 aliphatic rings. The van der Waals surface area contributed by atoms with Gasteiger partial charge in [-0.2, -0.15) is 21.6 Å². The molecule has 0 atom stereocenters. The molecule has 2 aromatic carbocycles. The smallest absolute Gasteiger partial charge is 0.309 e. The Labute approximate surface area is 207 Å². The van der Waals surface area contributed by atoms with Crippen molar-refractivity contribution < 1.29 is 25.5 Å². The zero-order chi connectivity index (χ0) is 26.4. The van der Waals surface area contributed by atoms with E-state index in [1.165, 1.54) is 0 Å². The number of hydrogen-bond donors (Lipinski definition) is 0. The van der Waals surface area contributed by atoms with Crippen LogP contribution in [0.2, 0.25) is 62.8 Å². The molecule has 0 N–H and O–H groups in total. The first-order valence-electron chi connectivity index (χ1n) is 11.3. The molecular weight excluding hydrogens is 526 g/mol. The van der Waals surface area contributed by atoms with Crippen LogP contribution in [-0.4, -0.2) is 46.5 Å². The maximum atomic E-state index is 13.6. The molecule has 0 aliphatic heterocycles. The average molecular weight is 563 g/mol. The van der Waals surface area contributed by atoms with E-state index in [0.717, 1.165) is 10.4 Å². The van der Waals surface area contributed by atoms with Crippen LogP contribution in [-0.2, 0) is 14.0 Å². The summed E-state index contributed by atoms with van der Waals surface area (Å²) in [4.78, 5) is 0. The van der Waals surface area contributed by atoms with Gasteiger partial charge < -0.3 is 3.87 Å². The van der Waals surface area contributed by atoms with E-state index in [-0.39, 0.29) is 0 Å². The van der Waals surface area contributed by atoms with Gasteiger partial charge in [-0.3, -0.25) is 0 Å². The Morgan fingerprint density at radius 2 is 0.971 bits per heavy atom. The molecule has 0 fully saturated rings. The monoisotopic (exact) mass is 562 g/mol. The highest BCUT2D eigenvalue weighted by Gasteiger charge is 2.74. The molecule has 0 aromatic heterocycles. The third-order valence-corrected chi connectivity index (χ3v) is 44.5. The van der Waals surface area contributed by atoms with Gasteiger partial charge in [0, 0.05) is 16.1 Å².